The molecule has 0 spiro atoms. The molecule has 1 fully saturated rings. The van der Waals surface area contributed by atoms with Crippen LogP contribution < -0.4 is 5.32 Å². The molecule has 1 saturated heterocycles. The Balaban J connectivity index is 1.56. The van der Waals surface area contributed by atoms with Crippen molar-refractivity contribution in [3.8, 4) is 11.1 Å². The van der Waals surface area contributed by atoms with Crippen LogP contribution in [0.25, 0.3) is 22.2 Å². The predicted molar refractivity (Wildman–Crippen MR) is 107 cm³/mol. The molecule has 0 saturated carbocycles. The minimum Gasteiger partial charge on any atom is -0.352 e. The fourth-order valence-electron chi connectivity index (χ4n) is 3.75. The third kappa shape index (κ3) is 4.37. The number of halogens is 3. The molecule has 7 nitrogen and oxygen atoms in total. The number of pyridine rings is 1. The van der Waals surface area contributed by atoms with Crippen LogP contribution in [0.3, 0.4) is 0 Å². The monoisotopic (exact) mass is 431 g/mol. The fraction of sp³-hybridized carbons (Fsp3) is 0.333. The molecule has 3 heterocycles. The summed E-state index contributed by atoms with van der Waals surface area (Å²) < 4.78 is 41.2. The van der Waals surface area contributed by atoms with Crippen molar-refractivity contribution in [2.75, 3.05) is 13.1 Å². The first-order chi connectivity index (χ1) is 14.8. The van der Waals surface area contributed by atoms with Crippen LogP contribution in [-0.4, -0.2) is 50.6 Å². The Morgan fingerprint density at radius 1 is 1.23 bits per heavy atom. The standard InChI is InChI=1S/C21H20F3N5O2/c1-12(30)27-15-4-5-28(10-15)20(31)11-29-19-7-14(8-25-18(19)9-26-29)13-2-3-17(22)16(6-13)21(23)24/h2-3,6-9,15,21H,4-5,10-11H2,1H3,(H,27,30). The number of likely N-dealkylation sites (tertiary alicyclic amines) is 1. The van der Waals surface area contributed by atoms with Crippen LogP contribution in [0.15, 0.2) is 36.7 Å². The van der Waals surface area contributed by atoms with Crippen LogP contribution in [0.5, 0.6) is 0 Å². The van der Waals surface area contributed by atoms with Crippen molar-refractivity contribution in [2.24, 2.45) is 0 Å². The Hall–Kier alpha value is -3.43. The molecule has 31 heavy (non-hydrogen) atoms. The number of fused-ring (bicyclic) bond motifs is 1. The summed E-state index contributed by atoms with van der Waals surface area (Å²) in [4.78, 5) is 29.9. The largest absolute Gasteiger partial charge is 0.352 e. The smallest absolute Gasteiger partial charge is 0.266 e. The SMILES string of the molecule is CC(=O)NC1CCN(C(=O)Cn2ncc3ncc(-c4ccc(F)c(C(F)F)c4)cc32)C1. The van der Waals surface area contributed by atoms with Crippen molar-refractivity contribution in [3.05, 3.63) is 48.0 Å². The maximum atomic E-state index is 13.6. The van der Waals surface area contributed by atoms with Crippen molar-refractivity contribution in [1.82, 2.24) is 25.0 Å². The van der Waals surface area contributed by atoms with Gasteiger partial charge in [-0.15, -0.1) is 0 Å². The van der Waals surface area contributed by atoms with Gasteiger partial charge in [0.1, 0.15) is 17.9 Å². The maximum absolute atomic E-state index is 13.6. The summed E-state index contributed by atoms with van der Waals surface area (Å²) in [6.07, 6.45) is 0.776. The van der Waals surface area contributed by atoms with Gasteiger partial charge in [0.25, 0.3) is 6.43 Å². The van der Waals surface area contributed by atoms with Crippen LogP contribution >= 0.6 is 0 Å². The van der Waals surface area contributed by atoms with Gasteiger partial charge < -0.3 is 10.2 Å². The van der Waals surface area contributed by atoms with Crippen molar-refractivity contribution in [2.45, 2.75) is 32.4 Å². The Kier molecular flexibility index (Phi) is 5.62. The van der Waals surface area contributed by atoms with Crippen LogP contribution in [-0.2, 0) is 16.1 Å². The summed E-state index contributed by atoms with van der Waals surface area (Å²) >= 11 is 0. The van der Waals surface area contributed by atoms with Crippen molar-refractivity contribution in [3.63, 3.8) is 0 Å². The van der Waals surface area contributed by atoms with Crippen LogP contribution in [0.4, 0.5) is 13.2 Å². The van der Waals surface area contributed by atoms with E-state index in [1.165, 1.54) is 30.1 Å². The lowest BCUT2D eigenvalue weighted by Gasteiger charge is -2.17. The Labute approximate surface area is 175 Å². The Bertz CT molecular complexity index is 1150. The molecule has 10 heteroatoms. The molecule has 1 unspecified atom stereocenters. The number of benzene rings is 1. The van der Waals surface area contributed by atoms with Crippen molar-refractivity contribution >= 4 is 22.8 Å². The van der Waals surface area contributed by atoms with Gasteiger partial charge in [-0.3, -0.25) is 19.3 Å². The van der Waals surface area contributed by atoms with E-state index in [1.54, 1.807) is 11.0 Å². The number of amides is 2. The zero-order chi connectivity index (χ0) is 22.1. The van der Waals surface area contributed by atoms with Crippen LogP contribution in [0.2, 0.25) is 0 Å². The van der Waals surface area contributed by atoms with E-state index in [4.69, 9.17) is 0 Å². The predicted octanol–water partition coefficient (Wildman–Crippen LogP) is 2.91. The topological polar surface area (TPSA) is 80.1 Å². The first-order valence-corrected chi connectivity index (χ1v) is 9.76. The van der Waals surface area contributed by atoms with E-state index in [-0.39, 0.29) is 24.4 Å². The van der Waals surface area contributed by atoms with Crippen molar-refractivity contribution < 1.29 is 22.8 Å². The molecule has 1 aliphatic rings. The van der Waals surface area contributed by atoms with Gasteiger partial charge in [0.2, 0.25) is 11.8 Å². The average molecular weight is 431 g/mol. The quantitative estimate of drug-likeness (QED) is 0.674. The summed E-state index contributed by atoms with van der Waals surface area (Å²) in [5.41, 5.74) is 1.33. The summed E-state index contributed by atoms with van der Waals surface area (Å²) in [7, 11) is 0. The first-order valence-electron chi connectivity index (χ1n) is 9.76. The van der Waals surface area contributed by atoms with E-state index >= 15 is 0 Å². The van der Waals surface area contributed by atoms with Gasteiger partial charge in [0, 0.05) is 37.8 Å². The molecule has 0 bridgehead atoms. The number of hydrogen-bond donors (Lipinski definition) is 1. The van der Waals surface area contributed by atoms with Gasteiger partial charge in [-0.05, 0) is 30.2 Å². The second-order valence-electron chi connectivity index (χ2n) is 7.49. The molecule has 0 aliphatic carbocycles. The van der Waals surface area contributed by atoms with E-state index in [2.05, 4.69) is 15.4 Å². The average Bonchev–Trinajstić information content (AvgIpc) is 3.34. The van der Waals surface area contributed by atoms with E-state index in [1.807, 2.05) is 0 Å². The summed E-state index contributed by atoms with van der Waals surface area (Å²) in [5.74, 6) is -1.25. The third-order valence-electron chi connectivity index (χ3n) is 5.29. The molecular weight excluding hydrogens is 411 g/mol. The van der Waals surface area contributed by atoms with E-state index < -0.39 is 17.8 Å². The second kappa shape index (κ2) is 8.37. The highest BCUT2D eigenvalue weighted by Gasteiger charge is 2.27. The number of hydrogen-bond acceptors (Lipinski definition) is 4. The minimum absolute atomic E-state index is 0.0207. The van der Waals surface area contributed by atoms with E-state index in [9.17, 15) is 22.8 Å². The normalized spacial score (nSPS) is 16.3. The third-order valence-corrected chi connectivity index (χ3v) is 5.29. The Morgan fingerprint density at radius 3 is 2.77 bits per heavy atom. The highest BCUT2D eigenvalue weighted by atomic mass is 19.3. The molecule has 1 aliphatic heterocycles. The fourth-order valence-corrected chi connectivity index (χ4v) is 3.75. The zero-order valence-electron chi connectivity index (χ0n) is 16.7. The number of aromatic nitrogens is 3. The van der Waals surface area contributed by atoms with E-state index in [0.717, 1.165) is 12.1 Å². The molecular formula is C21H20F3N5O2. The lowest BCUT2D eigenvalue weighted by molar-refractivity contribution is -0.131. The van der Waals surface area contributed by atoms with Gasteiger partial charge in [0.05, 0.1) is 17.3 Å². The molecule has 162 valence electrons. The molecule has 3 aromatic rings. The first kappa shape index (κ1) is 20.8. The molecule has 0 radical (unpaired) electrons. The van der Waals surface area contributed by atoms with Gasteiger partial charge in [-0.25, -0.2) is 13.2 Å². The van der Waals surface area contributed by atoms with Gasteiger partial charge in [0.15, 0.2) is 0 Å². The number of rotatable bonds is 5. The molecule has 1 aromatic carbocycles. The maximum Gasteiger partial charge on any atom is 0.266 e. The lowest BCUT2D eigenvalue weighted by atomic mass is 10.0. The number of nitrogens with one attached hydrogen (secondary N) is 1. The molecule has 1 atom stereocenters. The number of nitrogens with zero attached hydrogens (tertiary/aromatic N) is 4. The number of carbonyl (C=O) groups excluding carboxylic acids is 2. The summed E-state index contributed by atoms with van der Waals surface area (Å²) in [6, 6.07) is 5.13. The number of carbonyl (C=O) groups is 2. The molecule has 2 aromatic heterocycles. The zero-order valence-corrected chi connectivity index (χ0v) is 16.7. The molecule has 1 N–H and O–H groups in total. The van der Waals surface area contributed by atoms with Crippen LogP contribution in [0.1, 0.15) is 25.3 Å². The lowest BCUT2D eigenvalue weighted by Crippen LogP contribution is -2.38. The Morgan fingerprint density at radius 2 is 2.03 bits per heavy atom. The van der Waals surface area contributed by atoms with Gasteiger partial charge >= 0.3 is 0 Å². The van der Waals surface area contributed by atoms with Crippen LogP contribution in [0, 0.1) is 5.82 Å². The summed E-state index contributed by atoms with van der Waals surface area (Å²) in [6.45, 7) is 2.40. The number of alkyl halides is 2. The summed E-state index contributed by atoms with van der Waals surface area (Å²) in [5, 5.41) is 7.04. The minimum atomic E-state index is -2.93. The van der Waals surface area contributed by atoms with E-state index in [0.29, 0.717) is 41.7 Å². The highest BCUT2D eigenvalue weighted by molar-refractivity contribution is 5.83. The second-order valence-corrected chi connectivity index (χ2v) is 7.49. The molecule has 4 rings (SSSR count). The van der Waals surface area contributed by atoms with Crippen molar-refractivity contribution in [1.29, 1.82) is 0 Å². The molecule has 2 amide bonds. The van der Waals surface area contributed by atoms with Gasteiger partial charge in [-0.2, -0.15) is 5.10 Å². The highest BCUT2D eigenvalue weighted by Crippen LogP contribution is 2.29. The van der Waals surface area contributed by atoms with Gasteiger partial charge in [-0.1, -0.05) is 6.07 Å².